The number of hydrogen-bond acceptors (Lipinski definition) is 4. The highest BCUT2D eigenvalue weighted by Gasteiger charge is 2.26. The fraction of sp³-hybridized carbons (Fsp3) is 0.179. The topological polar surface area (TPSA) is 68.3 Å². The minimum atomic E-state index is -1.15. The van der Waals surface area contributed by atoms with Gasteiger partial charge in [-0.3, -0.25) is 9.59 Å². The van der Waals surface area contributed by atoms with E-state index in [-0.39, 0.29) is 12.0 Å². The average Bonchev–Trinajstić information content (AvgIpc) is 2.88. The number of hydrogen-bond donors (Lipinski definition) is 1. The molecule has 4 aromatic rings. The molecule has 0 fully saturated rings. The minimum Gasteiger partial charge on any atom is -0.421 e. The van der Waals surface area contributed by atoms with E-state index in [1.165, 1.54) is 0 Å². The molecule has 0 atom stereocenters. The first-order valence-corrected chi connectivity index (χ1v) is 12.7. The number of aromatic nitrogens is 1. The molecular weight excluding hydrogens is 566 g/mol. The van der Waals surface area contributed by atoms with Crippen LogP contribution in [0.5, 0.6) is 5.75 Å². The summed E-state index contributed by atoms with van der Waals surface area (Å²) in [5.74, 6) is -4.45. The SMILES string of the molecule is CCCCC(=O)Oc1c(F)c(Cl)cc(F)c1NC(=O)c1c(C)c(-c2ccccc2)nc2ccc(Br)cc12. The third-order valence-electron chi connectivity index (χ3n) is 5.78. The molecule has 1 amide bonds. The molecule has 0 aliphatic heterocycles. The lowest BCUT2D eigenvalue weighted by molar-refractivity contribution is -0.134. The Morgan fingerprint density at radius 2 is 1.84 bits per heavy atom. The molecule has 3 aromatic carbocycles. The summed E-state index contributed by atoms with van der Waals surface area (Å²) < 4.78 is 35.8. The van der Waals surface area contributed by atoms with Gasteiger partial charge in [0.2, 0.25) is 0 Å². The van der Waals surface area contributed by atoms with Crippen molar-refractivity contribution in [2.75, 3.05) is 5.32 Å². The van der Waals surface area contributed by atoms with Gasteiger partial charge in [-0.1, -0.05) is 71.2 Å². The normalized spacial score (nSPS) is 11.0. The molecule has 1 aromatic heterocycles. The van der Waals surface area contributed by atoms with Crippen LogP contribution in [0, 0.1) is 18.6 Å². The zero-order valence-corrected chi connectivity index (χ0v) is 22.3. The number of carbonyl (C=O) groups excluding carboxylic acids is 2. The summed E-state index contributed by atoms with van der Waals surface area (Å²) in [5.41, 5.74) is 2.01. The van der Waals surface area contributed by atoms with Crippen LogP contribution in [0.25, 0.3) is 22.2 Å². The summed E-state index contributed by atoms with van der Waals surface area (Å²) in [7, 11) is 0. The number of ether oxygens (including phenoxy) is 1. The van der Waals surface area contributed by atoms with E-state index in [0.29, 0.717) is 39.5 Å². The van der Waals surface area contributed by atoms with Crippen molar-refractivity contribution < 1.29 is 23.1 Å². The maximum atomic E-state index is 15.0. The molecule has 1 heterocycles. The van der Waals surface area contributed by atoms with Crippen molar-refractivity contribution in [3.63, 3.8) is 0 Å². The Morgan fingerprint density at radius 3 is 2.54 bits per heavy atom. The van der Waals surface area contributed by atoms with Gasteiger partial charge in [-0.2, -0.15) is 0 Å². The molecule has 5 nitrogen and oxygen atoms in total. The Hall–Kier alpha value is -3.36. The van der Waals surface area contributed by atoms with Gasteiger partial charge in [0.15, 0.2) is 17.4 Å². The molecule has 37 heavy (non-hydrogen) atoms. The van der Waals surface area contributed by atoms with E-state index in [9.17, 15) is 14.0 Å². The Balaban J connectivity index is 1.85. The van der Waals surface area contributed by atoms with E-state index in [2.05, 4.69) is 21.2 Å². The second-order valence-electron chi connectivity index (χ2n) is 8.38. The van der Waals surface area contributed by atoms with E-state index in [1.807, 2.05) is 37.3 Å². The van der Waals surface area contributed by atoms with Gasteiger partial charge < -0.3 is 10.1 Å². The second-order valence-corrected chi connectivity index (χ2v) is 9.70. The smallest absolute Gasteiger partial charge is 0.311 e. The highest BCUT2D eigenvalue weighted by atomic mass is 79.9. The van der Waals surface area contributed by atoms with Crippen LogP contribution in [0.3, 0.4) is 0 Å². The number of nitrogens with one attached hydrogen (secondary N) is 1. The lowest BCUT2D eigenvalue weighted by Crippen LogP contribution is -2.19. The summed E-state index contributed by atoms with van der Waals surface area (Å²) in [6.45, 7) is 3.61. The number of pyridine rings is 1. The lowest BCUT2D eigenvalue weighted by atomic mass is 9.97. The van der Waals surface area contributed by atoms with Crippen LogP contribution in [-0.4, -0.2) is 16.9 Å². The summed E-state index contributed by atoms with van der Waals surface area (Å²) in [6, 6.07) is 15.3. The van der Waals surface area contributed by atoms with Crippen LogP contribution in [-0.2, 0) is 4.79 Å². The van der Waals surface area contributed by atoms with Crippen LogP contribution in [0.2, 0.25) is 5.02 Å². The summed E-state index contributed by atoms with van der Waals surface area (Å²) in [4.78, 5) is 30.7. The number of rotatable bonds is 7. The van der Waals surface area contributed by atoms with Crippen molar-refractivity contribution in [2.24, 2.45) is 0 Å². The third-order valence-corrected chi connectivity index (χ3v) is 6.55. The number of anilines is 1. The van der Waals surface area contributed by atoms with E-state index < -0.39 is 40.0 Å². The van der Waals surface area contributed by atoms with E-state index in [1.54, 1.807) is 25.1 Å². The van der Waals surface area contributed by atoms with Gasteiger partial charge in [-0.15, -0.1) is 0 Å². The van der Waals surface area contributed by atoms with Crippen molar-refractivity contribution in [2.45, 2.75) is 33.1 Å². The standard InChI is InChI=1S/C28H22BrClF2N2O3/c1-3-4-10-22(35)37-27-24(32)19(30)14-20(31)26(27)34-28(36)23-15(2)25(16-8-6-5-7-9-16)33-21-12-11-17(29)13-18(21)23/h5-9,11-14H,3-4,10H2,1-2H3,(H,34,36). The molecule has 190 valence electrons. The van der Waals surface area contributed by atoms with E-state index >= 15 is 4.39 Å². The first kappa shape index (κ1) is 26.7. The van der Waals surface area contributed by atoms with Gasteiger partial charge in [0, 0.05) is 21.8 Å². The molecule has 0 saturated heterocycles. The average molecular weight is 588 g/mol. The monoisotopic (exact) mass is 586 g/mol. The van der Waals surface area contributed by atoms with Gasteiger partial charge in [0.05, 0.1) is 21.8 Å². The summed E-state index contributed by atoms with van der Waals surface area (Å²) in [6.07, 6.45) is 1.21. The van der Waals surface area contributed by atoms with Crippen LogP contribution < -0.4 is 10.1 Å². The maximum absolute atomic E-state index is 15.0. The number of halogens is 4. The Bertz CT molecular complexity index is 1510. The highest BCUT2D eigenvalue weighted by Crippen LogP contribution is 2.38. The fourth-order valence-corrected chi connectivity index (χ4v) is 4.49. The van der Waals surface area contributed by atoms with Gasteiger partial charge in [-0.05, 0) is 43.2 Å². The quantitative estimate of drug-likeness (QED) is 0.134. The zero-order valence-electron chi connectivity index (χ0n) is 20.0. The molecule has 4 rings (SSSR count). The molecule has 9 heteroatoms. The van der Waals surface area contributed by atoms with Gasteiger partial charge >= 0.3 is 5.97 Å². The second kappa shape index (κ2) is 11.4. The molecule has 0 radical (unpaired) electrons. The molecule has 1 N–H and O–H groups in total. The third kappa shape index (κ3) is 5.65. The maximum Gasteiger partial charge on any atom is 0.311 e. The molecule has 0 bridgehead atoms. The Labute approximate surface area is 225 Å². The van der Waals surface area contributed by atoms with Crippen LogP contribution >= 0.6 is 27.5 Å². The van der Waals surface area contributed by atoms with Crippen LogP contribution in [0.15, 0.2) is 59.1 Å². The molecule has 0 aliphatic rings. The Kier molecular flexibility index (Phi) is 8.19. The molecule has 0 saturated carbocycles. The number of unbranched alkanes of at least 4 members (excludes halogenated alkanes) is 1. The zero-order chi connectivity index (χ0) is 26.7. The van der Waals surface area contributed by atoms with Crippen molar-refractivity contribution in [1.82, 2.24) is 4.98 Å². The fourth-order valence-electron chi connectivity index (χ4n) is 3.95. The molecule has 0 unspecified atom stereocenters. The van der Waals surface area contributed by atoms with Gasteiger partial charge in [0.25, 0.3) is 5.91 Å². The van der Waals surface area contributed by atoms with Crippen molar-refractivity contribution in [3.8, 4) is 17.0 Å². The molecule has 0 aliphatic carbocycles. The number of amides is 1. The predicted octanol–water partition coefficient (Wildman–Crippen LogP) is 8.25. The molecule has 0 spiro atoms. The number of benzene rings is 3. The van der Waals surface area contributed by atoms with Crippen molar-refractivity contribution >= 4 is 56.0 Å². The highest BCUT2D eigenvalue weighted by molar-refractivity contribution is 9.10. The number of nitrogens with zero attached hydrogens (tertiary/aromatic N) is 1. The van der Waals surface area contributed by atoms with Gasteiger partial charge in [0.1, 0.15) is 5.69 Å². The van der Waals surface area contributed by atoms with Crippen LogP contribution in [0.4, 0.5) is 14.5 Å². The van der Waals surface area contributed by atoms with E-state index in [4.69, 9.17) is 21.3 Å². The largest absolute Gasteiger partial charge is 0.421 e. The first-order valence-electron chi connectivity index (χ1n) is 11.6. The van der Waals surface area contributed by atoms with Crippen molar-refractivity contribution in [1.29, 1.82) is 0 Å². The lowest BCUT2D eigenvalue weighted by Gasteiger charge is -2.17. The first-order chi connectivity index (χ1) is 17.7. The van der Waals surface area contributed by atoms with Crippen LogP contribution in [0.1, 0.15) is 42.1 Å². The van der Waals surface area contributed by atoms with E-state index in [0.717, 1.165) is 11.6 Å². The Morgan fingerprint density at radius 1 is 1.11 bits per heavy atom. The van der Waals surface area contributed by atoms with Crippen molar-refractivity contribution in [3.05, 3.63) is 86.9 Å². The predicted molar refractivity (Wildman–Crippen MR) is 144 cm³/mol. The van der Waals surface area contributed by atoms with Gasteiger partial charge in [-0.25, -0.2) is 13.8 Å². The number of esters is 1. The number of carbonyl (C=O) groups is 2. The minimum absolute atomic E-state index is 0.0000215. The molecular formula is C28H22BrClF2N2O3. The summed E-state index contributed by atoms with van der Waals surface area (Å²) >= 11 is 9.23. The number of fused-ring (bicyclic) bond motifs is 1. The summed E-state index contributed by atoms with van der Waals surface area (Å²) in [5, 5.41) is 2.35.